The Kier molecular flexibility index (Phi) is 5.19. The first-order valence-corrected chi connectivity index (χ1v) is 10.6. The Balaban J connectivity index is 1.55. The van der Waals surface area contributed by atoms with E-state index >= 15 is 0 Å². The molecular weight excluding hydrogens is 358 g/mol. The van der Waals surface area contributed by atoms with Crippen molar-refractivity contribution in [2.75, 3.05) is 13.6 Å². The van der Waals surface area contributed by atoms with Gasteiger partial charge in [0.15, 0.2) is 0 Å². The van der Waals surface area contributed by atoms with Crippen LogP contribution in [-0.4, -0.2) is 45.9 Å². The number of hydrogen-bond donors (Lipinski definition) is 0. The predicted octanol–water partition coefficient (Wildman–Crippen LogP) is 3.70. The molecule has 4 rings (SSSR count). The lowest BCUT2D eigenvalue weighted by molar-refractivity contribution is -0.131. The molecule has 0 radical (unpaired) electrons. The van der Waals surface area contributed by atoms with Gasteiger partial charge in [-0.3, -0.25) is 9.69 Å². The van der Waals surface area contributed by atoms with Crippen molar-refractivity contribution in [3.63, 3.8) is 0 Å². The largest absolute Gasteiger partial charge is 0.486 e. The minimum absolute atomic E-state index is 0.147. The van der Waals surface area contributed by atoms with E-state index in [0.29, 0.717) is 6.04 Å². The van der Waals surface area contributed by atoms with Crippen LogP contribution in [0.25, 0.3) is 0 Å². The monoisotopic (exact) mass is 385 g/mol. The molecule has 27 heavy (non-hydrogen) atoms. The number of ether oxygens (including phenoxy) is 1. The zero-order valence-corrected chi connectivity index (χ0v) is 16.9. The summed E-state index contributed by atoms with van der Waals surface area (Å²) in [5.74, 6) is 1.16. The van der Waals surface area contributed by atoms with E-state index in [1.165, 1.54) is 5.56 Å². The minimum atomic E-state index is -0.184. The molecule has 0 saturated heterocycles. The molecule has 5 nitrogen and oxygen atoms in total. The minimum Gasteiger partial charge on any atom is -0.486 e. The Labute approximate surface area is 165 Å². The summed E-state index contributed by atoms with van der Waals surface area (Å²) in [5.41, 5.74) is 4.08. The van der Waals surface area contributed by atoms with Gasteiger partial charge in [0.1, 0.15) is 11.4 Å². The third-order valence-corrected chi connectivity index (χ3v) is 6.62. The molecule has 144 valence electrons. The van der Waals surface area contributed by atoms with E-state index in [4.69, 9.17) is 4.74 Å². The summed E-state index contributed by atoms with van der Waals surface area (Å²) in [6.07, 6.45) is 3.92. The number of para-hydroxylation sites is 1. The maximum absolute atomic E-state index is 11.7. The number of thiazole rings is 1. The summed E-state index contributed by atoms with van der Waals surface area (Å²) >= 11 is 1.65. The lowest BCUT2D eigenvalue weighted by Gasteiger charge is -2.43. The maximum atomic E-state index is 11.7. The van der Waals surface area contributed by atoms with E-state index in [-0.39, 0.29) is 11.5 Å². The zero-order chi connectivity index (χ0) is 18.9. The van der Waals surface area contributed by atoms with Crippen LogP contribution in [-0.2, 0) is 17.9 Å². The number of rotatable bonds is 3. The molecule has 1 amide bonds. The standard InChI is InChI=1S/C21H27N3O2S/c1-16(25)23(2)19-7-9-21(10-8-19)14-24(12-18-13-27-15-22-18)11-17-5-3-4-6-20(17)26-21/h3-6,13,15,19H,7-12,14H2,1-2H3. The first-order chi connectivity index (χ1) is 13.0. The Morgan fingerprint density at radius 3 is 2.85 bits per heavy atom. The quantitative estimate of drug-likeness (QED) is 0.808. The summed E-state index contributed by atoms with van der Waals surface area (Å²) in [5, 5.41) is 2.13. The van der Waals surface area contributed by atoms with Crippen LogP contribution >= 0.6 is 11.3 Å². The SMILES string of the molecule is CC(=O)N(C)C1CCC2(CC1)CN(Cc1cscn1)Cc1ccccc1O2. The molecule has 1 aromatic heterocycles. The van der Waals surface area contributed by atoms with E-state index in [2.05, 4.69) is 39.5 Å². The van der Waals surface area contributed by atoms with Gasteiger partial charge in [0.05, 0.1) is 11.2 Å². The number of nitrogens with zero attached hydrogens (tertiary/aromatic N) is 3. The molecule has 0 atom stereocenters. The van der Waals surface area contributed by atoms with Gasteiger partial charge in [-0.2, -0.15) is 0 Å². The van der Waals surface area contributed by atoms with Gasteiger partial charge >= 0.3 is 0 Å². The lowest BCUT2D eigenvalue weighted by Crippen LogP contribution is -2.51. The second-order valence-electron chi connectivity index (χ2n) is 7.88. The second-order valence-corrected chi connectivity index (χ2v) is 8.60. The van der Waals surface area contributed by atoms with Crippen LogP contribution in [0, 0.1) is 0 Å². The molecule has 0 unspecified atom stereocenters. The van der Waals surface area contributed by atoms with Crippen molar-refractivity contribution in [1.82, 2.24) is 14.8 Å². The molecule has 1 fully saturated rings. The normalized spacial score (nSPS) is 25.5. The third kappa shape index (κ3) is 4.01. The molecule has 1 aliphatic heterocycles. The number of fused-ring (bicyclic) bond motifs is 1. The third-order valence-electron chi connectivity index (χ3n) is 5.98. The number of aromatic nitrogens is 1. The van der Waals surface area contributed by atoms with Crippen molar-refractivity contribution in [3.8, 4) is 5.75 Å². The molecule has 1 aromatic carbocycles. The molecule has 1 spiro atoms. The van der Waals surface area contributed by atoms with Crippen LogP contribution in [0.3, 0.4) is 0 Å². The van der Waals surface area contributed by atoms with Crippen molar-refractivity contribution in [1.29, 1.82) is 0 Å². The molecule has 2 heterocycles. The van der Waals surface area contributed by atoms with E-state index in [0.717, 1.165) is 56.8 Å². The molecule has 0 bridgehead atoms. The fourth-order valence-corrected chi connectivity index (χ4v) is 4.94. The van der Waals surface area contributed by atoms with E-state index in [1.54, 1.807) is 18.3 Å². The van der Waals surface area contributed by atoms with Crippen LogP contribution in [0.2, 0.25) is 0 Å². The van der Waals surface area contributed by atoms with E-state index in [9.17, 15) is 4.79 Å². The van der Waals surface area contributed by atoms with Crippen molar-refractivity contribution in [3.05, 3.63) is 46.4 Å². The van der Waals surface area contributed by atoms with Crippen molar-refractivity contribution >= 4 is 17.2 Å². The lowest BCUT2D eigenvalue weighted by atomic mass is 9.81. The highest BCUT2D eigenvalue weighted by Gasteiger charge is 2.42. The summed E-state index contributed by atoms with van der Waals surface area (Å²) in [7, 11) is 1.92. The first kappa shape index (κ1) is 18.4. The number of hydrogen-bond acceptors (Lipinski definition) is 5. The zero-order valence-electron chi connectivity index (χ0n) is 16.1. The average molecular weight is 386 g/mol. The maximum Gasteiger partial charge on any atom is 0.219 e. The number of amides is 1. The van der Waals surface area contributed by atoms with Gasteiger partial charge in [-0.1, -0.05) is 18.2 Å². The molecular formula is C21H27N3O2S. The number of carbonyl (C=O) groups excluding carboxylic acids is 1. The highest BCUT2D eigenvalue weighted by molar-refractivity contribution is 7.07. The highest BCUT2D eigenvalue weighted by atomic mass is 32.1. The summed E-state index contributed by atoms with van der Waals surface area (Å²) in [4.78, 5) is 20.6. The molecule has 1 aliphatic carbocycles. The Morgan fingerprint density at radius 2 is 2.15 bits per heavy atom. The van der Waals surface area contributed by atoms with Crippen LogP contribution in [0.15, 0.2) is 35.2 Å². The van der Waals surface area contributed by atoms with Gasteiger partial charge in [-0.15, -0.1) is 11.3 Å². The fraction of sp³-hybridized carbons (Fsp3) is 0.524. The van der Waals surface area contributed by atoms with E-state index < -0.39 is 0 Å². The van der Waals surface area contributed by atoms with Gasteiger partial charge in [-0.25, -0.2) is 4.98 Å². The van der Waals surface area contributed by atoms with Crippen LogP contribution in [0.5, 0.6) is 5.75 Å². The molecule has 1 saturated carbocycles. The van der Waals surface area contributed by atoms with Crippen LogP contribution < -0.4 is 4.74 Å². The van der Waals surface area contributed by atoms with E-state index in [1.807, 2.05) is 17.5 Å². The predicted molar refractivity (Wildman–Crippen MR) is 107 cm³/mol. The summed E-state index contributed by atoms with van der Waals surface area (Å²) < 4.78 is 6.66. The summed E-state index contributed by atoms with van der Waals surface area (Å²) in [6.45, 7) is 4.28. The van der Waals surface area contributed by atoms with Gasteiger partial charge < -0.3 is 9.64 Å². The van der Waals surface area contributed by atoms with Crippen molar-refractivity contribution in [2.24, 2.45) is 0 Å². The highest BCUT2D eigenvalue weighted by Crippen LogP contribution is 2.39. The molecule has 0 N–H and O–H groups in total. The first-order valence-electron chi connectivity index (χ1n) is 9.64. The topological polar surface area (TPSA) is 45.7 Å². The Morgan fingerprint density at radius 1 is 1.37 bits per heavy atom. The van der Waals surface area contributed by atoms with Gasteiger partial charge in [0, 0.05) is 50.6 Å². The van der Waals surface area contributed by atoms with Gasteiger partial charge in [-0.05, 0) is 31.7 Å². The summed E-state index contributed by atoms with van der Waals surface area (Å²) in [6, 6.07) is 8.72. The smallest absolute Gasteiger partial charge is 0.219 e. The molecule has 6 heteroatoms. The van der Waals surface area contributed by atoms with Crippen molar-refractivity contribution in [2.45, 2.75) is 57.3 Å². The van der Waals surface area contributed by atoms with Crippen LogP contribution in [0.4, 0.5) is 0 Å². The van der Waals surface area contributed by atoms with Crippen LogP contribution in [0.1, 0.15) is 43.9 Å². The average Bonchev–Trinajstić information content (AvgIpc) is 3.11. The fourth-order valence-electron chi connectivity index (χ4n) is 4.39. The Bertz CT molecular complexity index is 784. The van der Waals surface area contributed by atoms with Gasteiger partial charge in [0.25, 0.3) is 0 Å². The van der Waals surface area contributed by atoms with Gasteiger partial charge in [0.2, 0.25) is 5.91 Å². The molecule has 2 aliphatic rings. The Hall–Kier alpha value is -1.92. The van der Waals surface area contributed by atoms with Crippen molar-refractivity contribution < 1.29 is 9.53 Å². The molecule has 2 aromatic rings. The second kappa shape index (κ2) is 7.60. The number of carbonyl (C=O) groups is 1. The number of benzene rings is 1.